The standard InChI is InChI=1S/C20H21N3O6/c1-12-8-15(13-6-7-17(26-2)16(9-13)23(24)25)22(21-12)14-10-18(27-3)20(29-5)19(11-14)28-4/h6-11H,1-5H3. The molecule has 152 valence electrons. The summed E-state index contributed by atoms with van der Waals surface area (Å²) in [6.45, 7) is 1.84. The van der Waals surface area contributed by atoms with Gasteiger partial charge in [-0.3, -0.25) is 10.1 Å². The Morgan fingerprint density at radius 1 is 0.897 bits per heavy atom. The number of aryl methyl sites for hydroxylation is 1. The van der Waals surface area contributed by atoms with E-state index in [9.17, 15) is 10.1 Å². The Labute approximate surface area is 167 Å². The van der Waals surface area contributed by atoms with Gasteiger partial charge in [-0.15, -0.1) is 0 Å². The summed E-state index contributed by atoms with van der Waals surface area (Å²) in [6, 6.07) is 10.1. The third-order valence-electron chi connectivity index (χ3n) is 4.40. The third-order valence-corrected chi connectivity index (χ3v) is 4.40. The molecule has 29 heavy (non-hydrogen) atoms. The van der Waals surface area contributed by atoms with E-state index in [0.29, 0.717) is 34.2 Å². The van der Waals surface area contributed by atoms with E-state index in [2.05, 4.69) is 5.10 Å². The molecule has 0 amide bonds. The van der Waals surface area contributed by atoms with Crippen LogP contribution in [0.1, 0.15) is 5.69 Å². The highest BCUT2D eigenvalue weighted by Crippen LogP contribution is 2.40. The summed E-state index contributed by atoms with van der Waals surface area (Å²) in [6.07, 6.45) is 0. The molecule has 0 bridgehead atoms. The van der Waals surface area contributed by atoms with Crippen molar-refractivity contribution in [3.8, 4) is 39.9 Å². The van der Waals surface area contributed by atoms with Crippen LogP contribution >= 0.6 is 0 Å². The quantitative estimate of drug-likeness (QED) is 0.440. The van der Waals surface area contributed by atoms with Crippen molar-refractivity contribution in [1.82, 2.24) is 9.78 Å². The number of benzene rings is 2. The number of nitrogens with zero attached hydrogens (tertiary/aromatic N) is 3. The molecule has 3 aromatic rings. The molecule has 0 N–H and O–H groups in total. The predicted molar refractivity (Wildman–Crippen MR) is 107 cm³/mol. The molecule has 0 atom stereocenters. The second-order valence-corrected chi connectivity index (χ2v) is 6.11. The highest BCUT2D eigenvalue weighted by Gasteiger charge is 2.20. The van der Waals surface area contributed by atoms with E-state index in [1.54, 1.807) is 28.9 Å². The molecule has 0 saturated heterocycles. The molecular formula is C20H21N3O6. The minimum Gasteiger partial charge on any atom is -0.493 e. The number of methoxy groups -OCH3 is 4. The van der Waals surface area contributed by atoms with Crippen LogP contribution in [0, 0.1) is 17.0 Å². The van der Waals surface area contributed by atoms with E-state index in [0.717, 1.165) is 5.69 Å². The van der Waals surface area contributed by atoms with E-state index >= 15 is 0 Å². The molecular weight excluding hydrogens is 378 g/mol. The van der Waals surface area contributed by atoms with E-state index < -0.39 is 4.92 Å². The number of hydrogen-bond acceptors (Lipinski definition) is 7. The van der Waals surface area contributed by atoms with Gasteiger partial charge < -0.3 is 18.9 Å². The van der Waals surface area contributed by atoms with Crippen molar-refractivity contribution in [3.05, 3.63) is 52.2 Å². The predicted octanol–water partition coefficient (Wildman–Crippen LogP) is 3.79. The molecule has 9 heteroatoms. The van der Waals surface area contributed by atoms with Crippen LogP contribution in [0.2, 0.25) is 0 Å². The Morgan fingerprint density at radius 2 is 1.52 bits per heavy atom. The average molecular weight is 399 g/mol. The largest absolute Gasteiger partial charge is 0.493 e. The lowest BCUT2D eigenvalue weighted by molar-refractivity contribution is -0.385. The van der Waals surface area contributed by atoms with Gasteiger partial charge >= 0.3 is 5.69 Å². The van der Waals surface area contributed by atoms with E-state index in [-0.39, 0.29) is 11.4 Å². The van der Waals surface area contributed by atoms with Crippen molar-refractivity contribution in [2.24, 2.45) is 0 Å². The van der Waals surface area contributed by atoms with Crippen molar-refractivity contribution < 1.29 is 23.9 Å². The first-order valence-corrected chi connectivity index (χ1v) is 8.63. The zero-order valence-electron chi connectivity index (χ0n) is 16.8. The van der Waals surface area contributed by atoms with Gasteiger partial charge in [0.25, 0.3) is 0 Å². The van der Waals surface area contributed by atoms with Crippen LogP contribution in [-0.2, 0) is 0 Å². The van der Waals surface area contributed by atoms with Crippen LogP contribution in [0.5, 0.6) is 23.0 Å². The van der Waals surface area contributed by atoms with Gasteiger partial charge in [-0.25, -0.2) is 4.68 Å². The summed E-state index contributed by atoms with van der Waals surface area (Å²) in [5.41, 5.74) is 2.56. The highest BCUT2D eigenvalue weighted by molar-refractivity contribution is 5.69. The number of hydrogen-bond donors (Lipinski definition) is 0. The summed E-state index contributed by atoms with van der Waals surface area (Å²) < 4.78 is 23.0. The maximum atomic E-state index is 11.4. The van der Waals surface area contributed by atoms with Gasteiger partial charge in [0.05, 0.1) is 50.4 Å². The van der Waals surface area contributed by atoms with Crippen LogP contribution in [0.25, 0.3) is 16.9 Å². The van der Waals surface area contributed by atoms with Crippen molar-refractivity contribution in [2.75, 3.05) is 28.4 Å². The van der Waals surface area contributed by atoms with Crippen LogP contribution in [-0.4, -0.2) is 43.1 Å². The van der Waals surface area contributed by atoms with Crippen molar-refractivity contribution in [1.29, 1.82) is 0 Å². The first-order valence-electron chi connectivity index (χ1n) is 8.63. The van der Waals surface area contributed by atoms with Gasteiger partial charge in [0.1, 0.15) is 0 Å². The van der Waals surface area contributed by atoms with Gasteiger partial charge in [-0.1, -0.05) is 0 Å². The summed E-state index contributed by atoms with van der Waals surface area (Å²) in [5, 5.41) is 16.0. The Kier molecular flexibility index (Phi) is 5.58. The fourth-order valence-corrected chi connectivity index (χ4v) is 3.08. The van der Waals surface area contributed by atoms with Crippen molar-refractivity contribution in [3.63, 3.8) is 0 Å². The number of nitro benzene ring substituents is 1. The molecule has 1 heterocycles. The van der Waals surface area contributed by atoms with Crippen LogP contribution in [0.4, 0.5) is 5.69 Å². The van der Waals surface area contributed by atoms with Crippen molar-refractivity contribution >= 4 is 5.69 Å². The lowest BCUT2D eigenvalue weighted by Gasteiger charge is -2.15. The normalized spacial score (nSPS) is 10.5. The molecule has 0 fully saturated rings. The number of ether oxygens (including phenoxy) is 4. The highest BCUT2D eigenvalue weighted by atomic mass is 16.6. The van der Waals surface area contributed by atoms with E-state index in [1.165, 1.54) is 34.5 Å². The Hall–Kier alpha value is -3.75. The lowest BCUT2D eigenvalue weighted by atomic mass is 10.1. The van der Waals surface area contributed by atoms with Crippen molar-refractivity contribution in [2.45, 2.75) is 6.92 Å². The first kappa shape index (κ1) is 20.0. The molecule has 0 spiro atoms. The first-order chi connectivity index (χ1) is 13.9. The number of nitro groups is 1. The summed E-state index contributed by atoms with van der Waals surface area (Å²) >= 11 is 0. The monoisotopic (exact) mass is 399 g/mol. The lowest BCUT2D eigenvalue weighted by Crippen LogP contribution is -2.03. The smallest absolute Gasteiger partial charge is 0.311 e. The maximum Gasteiger partial charge on any atom is 0.311 e. The maximum absolute atomic E-state index is 11.4. The van der Waals surface area contributed by atoms with Gasteiger partial charge in [-0.05, 0) is 25.1 Å². The summed E-state index contributed by atoms with van der Waals surface area (Å²) in [7, 11) is 5.98. The van der Waals surface area contributed by atoms with Gasteiger partial charge in [0.15, 0.2) is 17.2 Å². The molecule has 1 aromatic heterocycles. The van der Waals surface area contributed by atoms with Gasteiger partial charge in [-0.2, -0.15) is 5.10 Å². The van der Waals surface area contributed by atoms with Gasteiger partial charge in [0, 0.05) is 23.8 Å². The molecule has 0 unspecified atom stereocenters. The Bertz CT molecular complexity index is 1040. The number of aromatic nitrogens is 2. The molecule has 9 nitrogen and oxygen atoms in total. The minimum absolute atomic E-state index is 0.125. The van der Waals surface area contributed by atoms with Gasteiger partial charge in [0.2, 0.25) is 5.75 Å². The van der Waals surface area contributed by atoms with Crippen LogP contribution in [0.3, 0.4) is 0 Å². The third kappa shape index (κ3) is 3.66. The molecule has 0 radical (unpaired) electrons. The summed E-state index contributed by atoms with van der Waals surface area (Å²) in [4.78, 5) is 10.9. The Balaban J connectivity index is 2.21. The summed E-state index contributed by atoms with van der Waals surface area (Å²) in [5.74, 6) is 1.60. The zero-order chi connectivity index (χ0) is 21.1. The topological polar surface area (TPSA) is 97.9 Å². The zero-order valence-corrected chi connectivity index (χ0v) is 16.8. The second-order valence-electron chi connectivity index (χ2n) is 6.11. The minimum atomic E-state index is -0.477. The Morgan fingerprint density at radius 3 is 2.03 bits per heavy atom. The fourth-order valence-electron chi connectivity index (χ4n) is 3.08. The molecule has 0 saturated carbocycles. The molecule has 0 aliphatic rings. The molecule has 0 aliphatic carbocycles. The molecule has 0 aliphatic heterocycles. The molecule has 3 rings (SSSR count). The van der Waals surface area contributed by atoms with E-state index in [1.807, 2.05) is 13.0 Å². The van der Waals surface area contributed by atoms with E-state index in [4.69, 9.17) is 18.9 Å². The molecule has 2 aromatic carbocycles. The fraction of sp³-hybridized carbons (Fsp3) is 0.250. The van der Waals surface area contributed by atoms with Crippen LogP contribution in [0.15, 0.2) is 36.4 Å². The van der Waals surface area contributed by atoms with Crippen LogP contribution < -0.4 is 18.9 Å². The SMILES string of the molecule is COc1ccc(-c2cc(C)nn2-c2cc(OC)c(OC)c(OC)c2)cc1[N+](=O)[O-]. The average Bonchev–Trinajstić information content (AvgIpc) is 3.13. The number of rotatable bonds is 7. The second kappa shape index (κ2) is 8.09.